The Balaban J connectivity index is 1.96. The van der Waals surface area contributed by atoms with E-state index in [2.05, 4.69) is 10.4 Å². The molecule has 8 nitrogen and oxygen atoms in total. The summed E-state index contributed by atoms with van der Waals surface area (Å²) >= 11 is 0. The van der Waals surface area contributed by atoms with Crippen molar-refractivity contribution in [3.8, 4) is 17.0 Å². The first-order valence-corrected chi connectivity index (χ1v) is 12.0. The van der Waals surface area contributed by atoms with Crippen LogP contribution in [0.5, 0.6) is 5.75 Å². The molecule has 0 aliphatic carbocycles. The van der Waals surface area contributed by atoms with E-state index in [9.17, 15) is 18.3 Å². The normalized spacial score (nSPS) is 19.9. The summed E-state index contributed by atoms with van der Waals surface area (Å²) in [5.41, 5.74) is 1.69. The number of benzene rings is 1. The molecule has 2 aromatic rings. The van der Waals surface area contributed by atoms with Gasteiger partial charge in [-0.05, 0) is 42.7 Å². The third-order valence-corrected chi connectivity index (χ3v) is 7.50. The summed E-state index contributed by atoms with van der Waals surface area (Å²) in [6.45, 7) is 3.80. The second-order valence-corrected chi connectivity index (χ2v) is 10.0. The van der Waals surface area contributed by atoms with Crippen LogP contribution in [0, 0.1) is 5.92 Å². The lowest BCUT2D eigenvalue weighted by molar-refractivity contribution is 0.0885. The number of amides is 1. The Morgan fingerprint density at radius 3 is 2.60 bits per heavy atom. The first-order valence-electron chi connectivity index (χ1n) is 10.1. The van der Waals surface area contributed by atoms with E-state index in [1.54, 1.807) is 17.9 Å². The first-order chi connectivity index (χ1) is 14.3. The van der Waals surface area contributed by atoms with Gasteiger partial charge in [0.2, 0.25) is 0 Å². The fourth-order valence-corrected chi connectivity index (χ4v) is 5.32. The van der Waals surface area contributed by atoms with Gasteiger partial charge in [-0.25, -0.2) is 8.42 Å². The molecule has 1 aliphatic heterocycles. The van der Waals surface area contributed by atoms with Crippen molar-refractivity contribution in [3.05, 3.63) is 36.0 Å². The van der Waals surface area contributed by atoms with Gasteiger partial charge in [-0.2, -0.15) is 5.10 Å². The Bertz CT molecular complexity index is 985. The number of aliphatic hydroxyl groups excluding tert-OH is 1. The number of ether oxygens (including phenoxy) is 1. The summed E-state index contributed by atoms with van der Waals surface area (Å²) in [5.74, 6) is 0.545. The van der Waals surface area contributed by atoms with E-state index in [4.69, 9.17) is 4.74 Å². The second-order valence-electron chi connectivity index (χ2n) is 7.79. The summed E-state index contributed by atoms with van der Waals surface area (Å²) in [6, 6.07) is 8.30. The number of aromatic nitrogens is 2. The van der Waals surface area contributed by atoms with Crippen molar-refractivity contribution in [2.45, 2.75) is 38.8 Å². The molecule has 0 saturated carbocycles. The van der Waals surface area contributed by atoms with Crippen LogP contribution < -0.4 is 10.1 Å². The highest BCUT2D eigenvalue weighted by atomic mass is 32.2. The minimum absolute atomic E-state index is 0.00499. The number of carbonyl (C=O) groups excluding carboxylic acids is 1. The van der Waals surface area contributed by atoms with Crippen LogP contribution in [0.3, 0.4) is 0 Å². The Hall–Kier alpha value is -2.39. The second kappa shape index (κ2) is 9.18. The maximum absolute atomic E-state index is 12.8. The lowest BCUT2D eigenvalue weighted by Crippen LogP contribution is -2.42. The van der Waals surface area contributed by atoms with Crippen LogP contribution in [0.2, 0.25) is 0 Å². The number of methoxy groups -OCH3 is 1. The molecule has 164 valence electrons. The number of nitrogens with one attached hydrogen (secondary N) is 1. The fraction of sp³-hybridized carbons (Fsp3) is 0.524. The average Bonchev–Trinajstić information content (AvgIpc) is 3.34. The van der Waals surface area contributed by atoms with Gasteiger partial charge in [-0.15, -0.1) is 0 Å². The summed E-state index contributed by atoms with van der Waals surface area (Å²) in [7, 11) is -1.53. The molecule has 1 amide bonds. The monoisotopic (exact) mass is 435 g/mol. The fourth-order valence-electron chi connectivity index (χ4n) is 3.62. The van der Waals surface area contributed by atoms with Crippen molar-refractivity contribution in [1.82, 2.24) is 15.1 Å². The standard InChI is InChI=1S/C21H29N3O5S/c1-4-14(2)19(12-25)22-21(26)18-11-20(15-5-7-17(29-3)8-6-15)24(23-18)16-9-10-30(27,28)13-16/h5-8,11,14,16,19,25H,4,9-10,12-13H2,1-3H3,(H,22,26)/t14-,16-,19+/m0/s1. The molecule has 1 fully saturated rings. The molecule has 0 spiro atoms. The van der Waals surface area contributed by atoms with Crippen LogP contribution in [-0.2, 0) is 9.84 Å². The van der Waals surface area contributed by atoms with Crippen molar-refractivity contribution >= 4 is 15.7 Å². The Kier molecular flexibility index (Phi) is 6.82. The van der Waals surface area contributed by atoms with Gasteiger partial charge in [0.05, 0.1) is 43.0 Å². The van der Waals surface area contributed by atoms with Crippen molar-refractivity contribution < 1.29 is 23.1 Å². The van der Waals surface area contributed by atoms with Crippen molar-refractivity contribution in [2.24, 2.45) is 5.92 Å². The van der Waals surface area contributed by atoms with Gasteiger partial charge >= 0.3 is 0 Å². The number of carbonyl (C=O) groups is 1. The number of hydrogen-bond acceptors (Lipinski definition) is 6. The third kappa shape index (κ3) is 4.84. The lowest BCUT2D eigenvalue weighted by Gasteiger charge is -2.21. The minimum atomic E-state index is -3.12. The number of rotatable bonds is 8. The van der Waals surface area contributed by atoms with Gasteiger partial charge in [-0.3, -0.25) is 9.48 Å². The Morgan fingerprint density at radius 1 is 1.37 bits per heavy atom. The molecular formula is C21H29N3O5S. The molecule has 1 saturated heterocycles. The van der Waals surface area contributed by atoms with Gasteiger partial charge < -0.3 is 15.2 Å². The molecule has 1 aromatic carbocycles. The predicted molar refractivity (Wildman–Crippen MR) is 114 cm³/mol. The van der Waals surface area contributed by atoms with E-state index in [-0.39, 0.29) is 47.7 Å². The number of hydrogen-bond donors (Lipinski definition) is 2. The molecule has 1 aliphatic rings. The first kappa shape index (κ1) is 22.3. The number of nitrogens with zero attached hydrogens (tertiary/aromatic N) is 2. The van der Waals surface area contributed by atoms with E-state index in [1.165, 1.54) is 0 Å². The quantitative estimate of drug-likeness (QED) is 0.657. The van der Waals surface area contributed by atoms with Crippen LogP contribution in [0.25, 0.3) is 11.3 Å². The Labute approximate surface area is 177 Å². The molecule has 2 N–H and O–H groups in total. The van der Waals surface area contributed by atoms with E-state index in [1.807, 2.05) is 38.1 Å². The number of sulfone groups is 1. The van der Waals surface area contributed by atoms with Crippen molar-refractivity contribution in [3.63, 3.8) is 0 Å². The minimum Gasteiger partial charge on any atom is -0.497 e. The van der Waals surface area contributed by atoms with Crippen LogP contribution in [0.15, 0.2) is 30.3 Å². The van der Waals surface area contributed by atoms with Gasteiger partial charge in [-0.1, -0.05) is 20.3 Å². The third-order valence-electron chi connectivity index (χ3n) is 5.75. The molecule has 1 aromatic heterocycles. The van der Waals surface area contributed by atoms with E-state index < -0.39 is 9.84 Å². The Morgan fingerprint density at radius 2 is 2.07 bits per heavy atom. The molecule has 3 atom stereocenters. The maximum Gasteiger partial charge on any atom is 0.272 e. The van der Waals surface area contributed by atoms with E-state index >= 15 is 0 Å². The van der Waals surface area contributed by atoms with Gasteiger partial charge in [0.15, 0.2) is 15.5 Å². The summed E-state index contributed by atoms with van der Waals surface area (Å²) in [4.78, 5) is 12.8. The lowest BCUT2D eigenvalue weighted by atomic mass is 10.00. The van der Waals surface area contributed by atoms with Crippen LogP contribution in [-0.4, -0.2) is 60.5 Å². The zero-order valence-electron chi connectivity index (χ0n) is 17.5. The molecule has 3 rings (SSSR count). The summed E-state index contributed by atoms with van der Waals surface area (Å²) < 4.78 is 30.9. The molecular weight excluding hydrogens is 406 g/mol. The molecule has 0 bridgehead atoms. The number of aliphatic hydroxyl groups is 1. The average molecular weight is 436 g/mol. The van der Waals surface area contributed by atoms with Gasteiger partial charge in [0.25, 0.3) is 5.91 Å². The predicted octanol–water partition coefficient (Wildman–Crippen LogP) is 2.06. The SMILES string of the molecule is CC[C@H](C)[C@@H](CO)NC(=O)c1cc(-c2ccc(OC)cc2)n([C@H]2CCS(=O)(=O)C2)n1. The largest absolute Gasteiger partial charge is 0.497 e. The topological polar surface area (TPSA) is 111 Å². The highest BCUT2D eigenvalue weighted by Crippen LogP contribution is 2.31. The van der Waals surface area contributed by atoms with Gasteiger partial charge in [0, 0.05) is 5.56 Å². The van der Waals surface area contributed by atoms with E-state index in [0.29, 0.717) is 17.9 Å². The molecule has 9 heteroatoms. The molecule has 0 unspecified atom stereocenters. The van der Waals surface area contributed by atoms with Crippen LogP contribution in [0.1, 0.15) is 43.2 Å². The zero-order chi connectivity index (χ0) is 21.9. The molecule has 2 heterocycles. The maximum atomic E-state index is 12.8. The van der Waals surface area contributed by atoms with Crippen LogP contribution >= 0.6 is 0 Å². The van der Waals surface area contributed by atoms with Gasteiger partial charge in [0.1, 0.15) is 5.75 Å². The van der Waals surface area contributed by atoms with Crippen molar-refractivity contribution in [1.29, 1.82) is 0 Å². The summed E-state index contributed by atoms with van der Waals surface area (Å²) in [5, 5.41) is 16.9. The van der Waals surface area contributed by atoms with E-state index in [0.717, 1.165) is 12.0 Å². The molecule has 30 heavy (non-hydrogen) atoms. The smallest absolute Gasteiger partial charge is 0.272 e. The summed E-state index contributed by atoms with van der Waals surface area (Å²) in [6.07, 6.45) is 1.28. The van der Waals surface area contributed by atoms with Crippen molar-refractivity contribution in [2.75, 3.05) is 25.2 Å². The zero-order valence-corrected chi connectivity index (χ0v) is 18.4. The molecule has 0 radical (unpaired) electrons. The highest BCUT2D eigenvalue weighted by molar-refractivity contribution is 7.91. The highest BCUT2D eigenvalue weighted by Gasteiger charge is 2.32. The van der Waals surface area contributed by atoms with Crippen LogP contribution in [0.4, 0.5) is 0 Å².